The number of aryl methyl sites for hydroxylation is 1. The van der Waals surface area contributed by atoms with Gasteiger partial charge in [-0.05, 0) is 49.6 Å². The van der Waals surface area contributed by atoms with E-state index in [2.05, 4.69) is 19.2 Å². The first-order valence-corrected chi connectivity index (χ1v) is 7.09. The third kappa shape index (κ3) is 3.18. The highest BCUT2D eigenvalue weighted by molar-refractivity contribution is 6.30. The Bertz CT molecular complexity index is 399. The monoisotopic (exact) mass is 267 g/mol. The molecule has 3 heteroatoms. The van der Waals surface area contributed by atoms with Gasteiger partial charge >= 0.3 is 0 Å². The summed E-state index contributed by atoms with van der Waals surface area (Å²) in [6.45, 7) is 8.68. The van der Waals surface area contributed by atoms with Crippen LogP contribution in [0.25, 0.3) is 0 Å². The van der Waals surface area contributed by atoms with E-state index in [-0.39, 0.29) is 6.10 Å². The second-order valence-electron chi connectivity index (χ2n) is 5.49. The molecule has 1 aromatic rings. The smallest absolute Gasteiger partial charge is 0.122 e. The van der Waals surface area contributed by atoms with Gasteiger partial charge in [0.25, 0.3) is 0 Å². The predicted octanol–water partition coefficient (Wildman–Crippen LogP) is 3.66. The Morgan fingerprint density at radius 2 is 2.17 bits per heavy atom. The number of rotatable bonds is 4. The van der Waals surface area contributed by atoms with E-state index < -0.39 is 0 Å². The topological polar surface area (TPSA) is 21.3 Å². The lowest BCUT2D eigenvalue weighted by molar-refractivity contribution is 0.0966. The van der Waals surface area contributed by atoms with Crippen LogP contribution in [0, 0.1) is 18.8 Å². The molecule has 1 aromatic carbocycles. The fraction of sp³-hybridized carbons (Fsp3) is 0.600. The van der Waals surface area contributed by atoms with Crippen molar-refractivity contribution in [3.8, 4) is 5.75 Å². The van der Waals surface area contributed by atoms with Crippen LogP contribution in [-0.4, -0.2) is 19.2 Å². The normalized spacial score (nSPS) is 21.3. The molecule has 0 bridgehead atoms. The fourth-order valence-corrected chi connectivity index (χ4v) is 2.85. The summed E-state index contributed by atoms with van der Waals surface area (Å²) in [6.07, 6.45) is 1.48. The maximum absolute atomic E-state index is 6.25. The maximum atomic E-state index is 6.25. The molecule has 0 aliphatic carbocycles. The summed E-state index contributed by atoms with van der Waals surface area (Å²) < 4.78 is 6.25. The van der Waals surface area contributed by atoms with E-state index in [1.165, 1.54) is 6.42 Å². The van der Waals surface area contributed by atoms with Gasteiger partial charge in [-0.1, -0.05) is 25.4 Å². The average Bonchev–Trinajstić information content (AvgIpc) is 2.80. The summed E-state index contributed by atoms with van der Waals surface area (Å²) in [6, 6.07) is 5.84. The van der Waals surface area contributed by atoms with Gasteiger partial charge in [-0.15, -0.1) is 0 Å². The summed E-state index contributed by atoms with van der Waals surface area (Å²) in [5.74, 6) is 2.09. The van der Waals surface area contributed by atoms with Gasteiger partial charge in [0.05, 0.1) is 0 Å². The second-order valence-corrected chi connectivity index (χ2v) is 5.93. The third-order valence-corrected chi connectivity index (χ3v) is 3.86. The maximum Gasteiger partial charge on any atom is 0.122 e. The minimum atomic E-state index is 0.278. The minimum absolute atomic E-state index is 0.278. The van der Waals surface area contributed by atoms with E-state index in [1.54, 1.807) is 0 Å². The van der Waals surface area contributed by atoms with Crippen molar-refractivity contribution in [1.29, 1.82) is 0 Å². The molecule has 0 amide bonds. The lowest BCUT2D eigenvalue weighted by Crippen LogP contribution is -2.33. The molecule has 100 valence electrons. The Morgan fingerprint density at radius 1 is 1.39 bits per heavy atom. The SMILES string of the molecule is Cc1cc(Cl)ccc1O[C@H](C(C)C)[C@H]1CCNC1. The number of benzene rings is 1. The van der Waals surface area contributed by atoms with E-state index in [0.29, 0.717) is 11.8 Å². The first kappa shape index (κ1) is 13.7. The molecule has 2 rings (SSSR count). The predicted molar refractivity (Wildman–Crippen MR) is 76.4 cm³/mol. The van der Waals surface area contributed by atoms with Crippen LogP contribution in [0.4, 0.5) is 0 Å². The fourth-order valence-electron chi connectivity index (χ4n) is 2.63. The van der Waals surface area contributed by atoms with Gasteiger partial charge in [0.15, 0.2) is 0 Å². The zero-order valence-corrected chi connectivity index (χ0v) is 12.1. The van der Waals surface area contributed by atoms with Crippen LogP contribution in [0.2, 0.25) is 5.02 Å². The second kappa shape index (κ2) is 5.94. The Hall–Kier alpha value is -0.730. The number of halogens is 1. The molecule has 1 aliphatic heterocycles. The van der Waals surface area contributed by atoms with Gasteiger partial charge in [0, 0.05) is 17.5 Å². The number of nitrogens with one attached hydrogen (secondary N) is 1. The van der Waals surface area contributed by atoms with Crippen LogP contribution < -0.4 is 10.1 Å². The van der Waals surface area contributed by atoms with Crippen LogP contribution in [0.5, 0.6) is 5.75 Å². The minimum Gasteiger partial charge on any atom is -0.490 e. The van der Waals surface area contributed by atoms with Gasteiger partial charge in [-0.2, -0.15) is 0 Å². The van der Waals surface area contributed by atoms with Crippen LogP contribution in [0.15, 0.2) is 18.2 Å². The van der Waals surface area contributed by atoms with E-state index in [9.17, 15) is 0 Å². The summed E-state index contributed by atoms with van der Waals surface area (Å²) >= 11 is 5.98. The third-order valence-electron chi connectivity index (χ3n) is 3.62. The first-order valence-electron chi connectivity index (χ1n) is 6.71. The quantitative estimate of drug-likeness (QED) is 0.899. The van der Waals surface area contributed by atoms with Crippen LogP contribution in [0.1, 0.15) is 25.8 Å². The number of hydrogen-bond acceptors (Lipinski definition) is 2. The highest BCUT2D eigenvalue weighted by Crippen LogP contribution is 2.28. The zero-order chi connectivity index (χ0) is 13.1. The molecule has 0 unspecified atom stereocenters. The lowest BCUT2D eigenvalue weighted by Gasteiger charge is -2.28. The lowest BCUT2D eigenvalue weighted by atomic mass is 9.92. The van der Waals surface area contributed by atoms with Crippen molar-refractivity contribution in [2.45, 2.75) is 33.3 Å². The van der Waals surface area contributed by atoms with Gasteiger partial charge in [-0.25, -0.2) is 0 Å². The summed E-state index contributed by atoms with van der Waals surface area (Å²) in [7, 11) is 0. The molecule has 1 aliphatic rings. The molecule has 0 radical (unpaired) electrons. The average molecular weight is 268 g/mol. The van der Waals surface area contributed by atoms with Crippen molar-refractivity contribution in [3.05, 3.63) is 28.8 Å². The summed E-state index contributed by atoms with van der Waals surface area (Å²) in [4.78, 5) is 0. The van der Waals surface area contributed by atoms with Crippen LogP contribution >= 0.6 is 11.6 Å². The Kier molecular flexibility index (Phi) is 4.52. The van der Waals surface area contributed by atoms with Crippen molar-refractivity contribution in [1.82, 2.24) is 5.32 Å². The standard InChI is InChI=1S/C15H22ClNO/c1-10(2)15(12-6-7-17-9-12)18-14-5-4-13(16)8-11(14)3/h4-5,8,10,12,15,17H,6-7,9H2,1-3H3/t12-,15+/m0/s1. The molecule has 0 saturated carbocycles. The molecule has 0 aromatic heterocycles. The Morgan fingerprint density at radius 3 is 2.72 bits per heavy atom. The molecule has 1 saturated heterocycles. The molecule has 2 atom stereocenters. The summed E-state index contributed by atoms with van der Waals surface area (Å²) in [5.41, 5.74) is 1.11. The van der Waals surface area contributed by atoms with Gasteiger partial charge < -0.3 is 10.1 Å². The van der Waals surface area contributed by atoms with Gasteiger partial charge in [-0.3, -0.25) is 0 Å². The molecule has 1 heterocycles. The van der Waals surface area contributed by atoms with Crippen molar-refractivity contribution in [3.63, 3.8) is 0 Å². The molecule has 18 heavy (non-hydrogen) atoms. The van der Waals surface area contributed by atoms with E-state index >= 15 is 0 Å². The van der Waals surface area contributed by atoms with Crippen LogP contribution in [-0.2, 0) is 0 Å². The molecule has 2 nitrogen and oxygen atoms in total. The van der Waals surface area contributed by atoms with Crippen LogP contribution in [0.3, 0.4) is 0 Å². The zero-order valence-electron chi connectivity index (χ0n) is 11.4. The van der Waals surface area contributed by atoms with E-state index in [4.69, 9.17) is 16.3 Å². The highest BCUT2D eigenvalue weighted by Gasteiger charge is 2.29. The summed E-state index contributed by atoms with van der Waals surface area (Å²) in [5, 5.41) is 4.18. The first-order chi connectivity index (χ1) is 8.58. The van der Waals surface area contributed by atoms with E-state index in [0.717, 1.165) is 29.4 Å². The Balaban J connectivity index is 2.12. The van der Waals surface area contributed by atoms with E-state index in [1.807, 2.05) is 25.1 Å². The van der Waals surface area contributed by atoms with Crippen molar-refractivity contribution >= 4 is 11.6 Å². The molecular weight excluding hydrogens is 246 g/mol. The Labute approximate surface area is 115 Å². The molecular formula is C15H22ClNO. The van der Waals surface area contributed by atoms with Crippen molar-refractivity contribution in [2.24, 2.45) is 11.8 Å². The van der Waals surface area contributed by atoms with Gasteiger partial charge in [0.2, 0.25) is 0 Å². The largest absolute Gasteiger partial charge is 0.490 e. The molecule has 0 spiro atoms. The van der Waals surface area contributed by atoms with Crippen molar-refractivity contribution < 1.29 is 4.74 Å². The number of ether oxygens (including phenoxy) is 1. The molecule has 1 fully saturated rings. The molecule has 1 N–H and O–H groups in total. The highest BCUT2D eigenvalue weighted by atomic mass is 35.5. The van der Waals surface area contributed by atoms with Gasteiger partial charge in [0.1, 0.15) is 11.9 Å². The van der Waals surface area contributed by atoms with Crippen molar-refractivity contribution in [2.75, 3.05) is 13.1 Å². The number of hydrogen-bond donors (Lipinski definition) is 1.